The van der Waals surface area contributed by atoms with E-state index in [1.165, 1.54) is 25.7 Å². The van der Waals surface area contributed by atoms with Crippen molar-refractivity contribution in [3.05, 3.63) is 0 Å². The highest BCUT2D eigenvalue weighted by molar-refractivity contribution is 5.89. The third-order valence-electron chi connectivity index (χ3n) is 4.03. The zero-order chi connectivity index (χ0) is 12.3. The van der Waals surface area contributed by atoms with Crippen molar-refractivity contribution in [3.8, 4) is 0 Å². The number of carbonyl (C=O) groups is 2. The first-order valence-corrected chi connectivity index (χ1v) is 6.67. The summed E-state index contributed by atoms with van der Waals surface area (Å²) in [5.74, 6) is -0.179. The highest BCUT2D eigenvalue weighted by Crippen LogP contribution is 2.35. The molecular formula is C13H21NO3. The average Bonchev–Trinajstić information content (AvgIpc) is 2.87. The van der Waals surface area contributed by atoms with E-state index in [0.29, 0.717) is 19.3 Å². The molecule has 0 heterocycles. The van der Waals surface area contributed by atoms with Crippen LogP contribution in [0.1, 0.15) is 57.8 Å². The topological polar surface area (TPSA) is 66.4 Å². The van der Waals surface area contributed by atoms with Gasteiger partial charge in [0.25, 0.3) is 0 Å². The first kappa shape index (κ1) is 12.4. The first-order valence-electron chi connectivity index (χ1n) is 6.67. The number of hydrogen-bond acceptors (Lipinski definition) is 2. The van der Waals surface area contributed by atoms with Crippen LogP contribution in [0.25, 0.3) is 0 Å². The van der Waals surface area contributed by atoms with E-state index in [0.717, 1.165) is 18.8 Å². The molecule has 4 nitrogen and oxygen atoms in total. The molecule has 0 unspecified atom stereocenters. The lowest BCUT2D eigenvalue weighted by Crippen LogP contribution is -2.42. The molecule has 2 aliphatic carbocycles. The molecule has 96 valence electrons. The van der Waals surface area contributed by atoms with Crippen LogP contribution in [0.2, 0.25) is 0 Å². The van der Waals surface area contributed by atoms with Gasteiger partial charge in [-0.15, -0.1) is 0 Å². The number of aliphatic carboxylic acids is 1. The third kappa shape index (κ3) is 3.20. The molecule has 4 heteroatoms. The SMILES string of the molecule is O=C(CCCC1CCCC1)NC1(C(=O)O)CC1. The molecule has 0 spiro atoms. The molecule has 0 radical (unpaired) electrons. The van der Waals surface area contributed by atoms with Crippen molar-refractivity contribution in [2.75, 3.05) is 0 Å². The highest BCUT2D eigenvalue weighted by Gasteiger charge is 2.51. The van der Waals surface area contributed by atoms with Crippen molar-refractivity contribution in [1.29, 1.82) is 0 Å². The third-order valence-corrected chi connectivity index (χ3v) is 4.03. The second kappa shape index (κ2) is 5.07. The van der Waals surface area contributed by atoms with E-state index in [4.69, 9.17) is 5.11 Å². The van der Waals surface area contributed by atoms with Crippen LogP contribution in [0.15, 0.2) is 0 Å². The number of amides is 1. The van der Waals surface area contributed by atoms with Crippen LogP contribution < -0.4 is 5.32 Å². The lowest BCUT2D eigenvalue weighted by molar-refractivity contribution is -0.143. The summed E-state index contributed by atoms with van der Waals surface area (Å²) in [6, 6.07) is 0. The van der Waals surface area contributed by atoms with Gasteiger partial charge in [-0.3, -0.25) is 4.79 Å². The fourth-order valence-corrected chi connectivity index (χ4v) is 2.70. The van der Waals surface area contributed by atoms with Gasteiger partial charge in [0.15, 0.2) is 0 Å². The molecule has 0 aliphatic heterocycles. The minimum atomic E-state index is -0.912. The Morgan fingerprint density at radius 2 is 1.88 bits per heavy atom. The zero-order valence-electron chi connectivity index (χ0n) is 10.2. The van der Waals surface area contributed by atoms with Gasteiger partial charge in [0.2, 0.25) is 5.91 Å². The van der Waals surface area contributed by atoms with Crippen LogP contribution in [0.5, 0.6) is 0 Å². The molecule has 2 fully saturated rings. The molecule has 17 heavy (non-hydrogen) atoms. The predicted octanol–water partition coefficient (Wildman–Crippen LogP) is 2.08. The Morgan fingerprint density at radius 1 is 1.24 bits per heavy atom. The van der Waals surface area contributed by atoms with Crippen molar-refractivity contribution >= 4 is 11.9 Å². The minimum Gasteiger partial charge on any atom is -0.480 e. The molecule has 0 aromatic heterocycles. The summed E-state index contributed by atoms with van der Waals surface area (Å²) in [6.07, 6.45) is 8.93. The Hall–Kier alpha value is -1.06. The van der Waals surface area contributed by atoms with Crippen molar-refractivity contribution in [2.45, 2.75) is 63.3 Å². The van der Waals surface area contributed by atoms with Gasteiger partial charge in [0.05, 0.1) is 0 Å². The Morgan fingerprint density at radius 3 is 2.41 bits per heavy atom. The maximum atomic E-state index is 11.6. The van der Waals surface area contributed by atoms with E-state index in [9.17, 15) is 9.59 Å². The normalized spacial score (nSPS) is 22.4. The molecule has 2 N–H and O–H groups in total. The minimum absolute atomic E-state index is 0.0945. The largest absolute Gasteiger partial charge is 0.480 e. The van der Waals surface area contributed by atoms with Gasteiger partial charge < -0.3 is 10.4 Å². The standard InChI is InChI=1S/C13H21NO3/c15-11(14-13(8-9-13)12(16)17)7-3-6-10-4-1-2-5-10/h10H,1-9H2,(H,14,15)(H,16,17). The van der Waals surface area contributed by atoms with E-state index >= 15 is 0 Å². The van der Waals surface area contributed by atoms with Crippen LogP contribution in [0.3, 0.4) is 0 Å². The van der Waals surface area contributed by atoms with E-state index in [1.54, 1.807) is 0 Å². The number of hydrogen-bond donors (Lipinski definition) is 2. The summed E-state index contributed by atoms with van der Waals surface area (Å²) in [5.41, 5.74) is -0.912. The summed E-state index contributed by atoms with van der Waals surface area (Å²) in [4.78, 5) is 22.5. The number of nitrogens with one attached hydrogen (secondary N) is 1. The van der Waals surface area contributed by atoms with Crippen molar-refractivity contribution in [2.24, 2.45) is 5.92 Å². The van der Waals surface area contributed by atoms with Gasteiger partial charge in [0, 0.05) is 6.42 Å². The lowest BCUT2D eigenvalue weighted by Gasteiger charge is -2.13. The zero-order valence-corrected chi connectivity index (χ0v) is 10.2. The van der Waals surface area contributed by atoms with E-state index in [-0.39, 0.29) is 5.91 Å². The van der Waals surface area contributed by atoms with Crippen molar-refractivity contribution in [3.63, 3.8) is 0 Å². The summed E-state index contributed by atoms with van der Waals surface area (Å²) in [5, 5.41) is 11.6. The Balaban J connectivity index is 1.62. The highest BCUT2D eigenvalue weighted by atomic mass is 16.4. The molecule has 2 rings (SSSR count). The van der Waals surface area contributed by atoms with Gasteiger partial charge in [-0.25, -0.2) is 4.79 Å². The number of carboxylic acids is 1. The first-order chi connectivity index (χ1) is 8.12. The van der Waals surface area contributed by atoms with Gasteiger partial charge in [-0.1, -0.05) is 25.7 Å². The summed E-state index contributed by atoms with van der Waals surface area (Å²) in [7, 11) is 0. The molecule has 2 aliphatic rings. The Bertz CT molecular complexity index is 304. The van der Waals surface area contributed by atoms with Gasteiger partial charge in [0.1, 0.15) is 5.54 Å². The molecule has 2 saturated carbocycles. The van der Waals surface area contributed by atoms with Gasteiger partial charge in [-0.05, 0) is 31.6 Å². The van der Waals surface area contributed by atoms with E-state index in [2.05, 4.69) is 5.32 Å². The quantitative estimate of drug-likeness (QED) is 0.745. The van der Waals surface area contributed by atoms with Crippen LogP contribution >= 0.6 is 0 Å². The summed E-state index contributed by atoms with van der Waals surface area (Å²) >= 11 is 0. The van der Waals surface area contributed by atoms with Crippen LogP contribution in [0, 0.1) is 5.92 Å². The summed E-state index contributed by atoms with van der Waals surface area (Å²) < 4.78 is 0. The maximum absolute atomic E-state index is 11.6. The summed E-state index contributed by atoms with van der Waals surface area (Å²) in [6.45, 7) is 0. The number of rotatable bonds is 6. The monoisotopic (exact) mass is 239 g/mol. The number of carbonyl (C=O) groups excluding carboxylic acids is 1. The molecular weight excluding hydrogens is 218 g/mol. The molecule has 0 aromatic carbocycles. The number of carboxylic acid groups (broad SMARTS) is 1. The maximum Gasteiger partial charge on any atom is 0.329 e. The smallest absolute Gasteiger partial charge is 0.329 e. The Labute approximate surface area is 102 Å². The molecule has 0 atom stereocenters. The van der Waals surface area contributed by atoms with Gasteiger partial charge >= 0.3 is 5.97 Å². The fraction of sp³-hybridized carbons (Fsp3) is 0.846. The average molecular weight is 239 g/mol. The second-order valence-corrected chi connectivity index (χ2v) is 5.48. The molecule has 0 bridgehead atoms. The Kier molecular flexibility index (Phi) is 3.69. The van der Waals surface area contributed by atoms with Crippen molar-refractivity contribution in [1.82, 2.24) is 5.32 Å². The fourth-order valence-electron chi connectivity index (χ4n) is 2.70. The predicted molar refractivity (Wildman–Crippen MR) is 63.6 cm³/mol. The van der Waals surface area contributed by atoms with Crippen LogP contribution in [0.4, 0.5) is 0 Å². The molecule has 0 aromatic rings. The van der Waals surface area contributed by atoms with Crippen LogP contribution in [-0.4, -0.2) is 22.5 Å². The van der Waals surface area contributed by atoms with Gasteiger partial charge in [-0.2, -0.15) is 0 Å². The second-order valence-electron chi connectivity index (χ2n) is 5.48. The van der Waals surface area contributed by atoms with E-state index in [1.807, 2.05) is 0 Å². The lowest BCUT2D eigenvalue weighted by atomic mass is 10.0. The molecule has 1 amide bonds. The molecule has 0 saturated heterocycles. The van der Waals surface area contributed by atoms with Crippen molar-refractivity contribution < 1.29 is 14.7 Å². The van der Waals surface area contributed by atoms with E-state index < -0.39 is 11.5 Å². The van der Waals surface area contributed by atoms with Crippen LogP contribution in [-0.2, 0) is 9.59 Å².